The lowest BCUT2D eigenvalue weighted by molar-refractivity contribution is 0.574. The summed E-state index contributed by atoms with van der Waals surface area (Å²) in [6.07, 6.45) is 4.25. The molecule has 4 heteroatoms. The zero-order valence-electron chi connectivity index (χ0n) is 10.8. The van der Waals surface area contributed by atoms with Gasteiger partial charge < -0.3 is 9.40 Å². The van der Waals surface area contributed by atoms with E-state index in [9.17, 15) is 0 Å². The minimum atomic E-state index is 0.578. The molecule has 0 atom stereocenters. The van der Waals surface area contributed by atoms with Crippen LogP contribution in [0.4, 0.5) is 0 Å². The Morgan fingerprint density at radius 1 is 1.37 bits per heavy atom. The van der Waals surface area contributed by atoms with Crippen molar-refractivity contribution in [2.45, 2.75) is 20.3 Å². The third-order valence-electron chi connectivity index (χ3n) is 3.44. The molecule has 0 aliphatic rings. The maximum Gasteiger partial charge on any atom is 0.152 e. The van der Waals surface area contributed by atoms with E-state index < -0.39 is 0 Å². The average Bonchev–Trinajstić information content (AvgIpc) is 3.00. The molecule has 0 radical (unpaired) electrons. The number of furan rings is 1. The van der Waals surface area contributed by atoms with Crippen molar-refractivity contribution in [2.24, 2.45) is 0 Å². The van der Waals surface area contributed by atoms with Crippen molar-refractivity contribution in [3.63, 3.8) is 0 Å². The van der Waals surface area contributed by atoms with Gasteiger partial charge in [-0.15, -0.1) is 0 Å². The number of hydrogen-bond donors (Lipinski definition) is 1. The molecule has 4 nitrogen and oxygen atoms in total. The van der Waals surface area contributed by atoms with E-state index in [0.29, 0.717) is 17.6 Å². The van der Waals surface area contributed by atoms with Crippen LogP contribution in [-0.4, -0.2) is 9.97 Å². The number of fused-ring (bicyclic) bond motifs is 1. The third-order valence-corrected chi connectivity index (χ3v) is 3.44. The van der Waals surface area contributed by atoms with Gasteiger partial charge in [0.1, 0.15) is 17.7 Å². The van der Waals surface area contributed by atoms with Crippen LogP contribution in [0.3, 0.4) is 0 Å². The first-order valence-electron chi connectivity index (χ1n) is 6.10. The molecule has 0 amide bonds. The maximum atomic E-state index is 9.15. The molecular weight excluding hydrogens is 238 g/mol. The van der Waals surface area contributed by atoms with Gasteiger partial charge in [0.2, 0.25) is 0 Å². The van der Waals surface area contributed by atoms with Crippen molar-refractivity contribution in [1.29, 1.82) is 5.26 Å². The van der Waals surface area contributed by atoms with E-state index >= 15 is 0 Å². The van der Waals surface area contributed by atoms with Crippen molar-refractivity contribution >= 4 is 11.0 Å². The number of H-pyrrole nitrogens is 1. The van der Waals surface area contributed by atoms with Crippen LogP contribution < -0.4 is 0 Å². The lowest BCUT2D eigenvalue weighted by atomic mass is 10.0. The lowest BCUT2D eigenvalue weighted by Crippen LogP contribution is -1.93. The van der Waals surface area contributed by atoms with Crippen molar-refractivity contribution in [1.82, 2.24) is 9.97 Å². The van der Waals surface area contributed by atoms with Crippen LogP contribution >= 0.6 is 0 Å². The summed E-state index contributed by atoms with van der Waals surface area (Å²) in [6, 6.07) is 5.97. The van der Waals surface area contributed by atoms with Crippen LogP contribution in [-0.2, 0) is 6.42 Å². The fraction of sp³-hybridized carbons (Fsp3) is 0.200. The van der Waals surface area contributed by atoms with Crippen molar-refractivity contribution < 1.29 is 4.42 Å². The van der Waals surface area contributed by atoms with Crippen LogP contribution in [0.1, 0.15) is 28.3 Å². The van der Waals surface area contributed by atoms with Gasteiger partial charge in [-0.25, -0.2) is 4.98 Å². The minimum absolute atomic E-state index is 0.578. The molecule has 94 valence electrons. The minimum Gasteiger partial charge on any atom is -0.460 e. The summed E-state index contributed by atoms with van der Waals surface area (Å²) < 4.78 is 5.73. The number of aryl methyl sites for hydroxylation is 2. The van der Waals surface area contributed by atoms with Gasteiger partial charge in [-0.2, -0.15) is 5.26 Å². The van der Waals surface area contributed by atoms with Crippen molar-refractivity contribution in [3.8, 4) is 6.07 Å². The van der Waals surface area contributed by atoms with Crippen molar-refractivity contribution in [3.05, 3.63) is 52.8 Å². The first kappa shape index (κ1) is 11.5. The summed E-state index contributed by atoms with van der Waals surface area (Å²) in [5.74, 6) is 1.77. The molecule has 0 fully saturated rings. The van der Waals surface area contributed by atoms with Gasteiger partial charge in [-0.1, -0.05) is 6.07 Å². The molecule has 0 saturated heterocycles. The molecule has 0 bridgehead atoms. The summed E-state index contributed by atoms with van der Waals surface area (Å²) >= 11 is 0. The SMILES string of the molecule is Cc1oc2c(C#N)ccc(Cc3ncc[nH]3)c2c1C. The second-order valence-electron chi connectivity index (χ2n) is 4.58. The zero-order chi connectivity index (χ0) is 13.4. The number of aromatic amines is 1. The number of nitrogens with zero attached hydrogens (tertiary/aromatic N) is 2. The molecule has 2 heterocycles. The monoisotopic (exact) mass is 251 g/mol. The number of imidazole rings is 1. The average molecular weight is 251 g/mol. The van der Waals surface area contributed by atoms with Crippen LogP contribution in [0.2, 0.25) is 0 Å². The molecule has 0 unspecified atom stereocenters. The molecule has 0 saturated carbocycles. The Balaban J connectivity index is 2.23. The Morgan fingerprint density at radius 2 is 2.21 bits per heavy atom. The summed E-state index contributed by atoms with van der Waals surface area (Å²) in [4.78, 5) is 7.34. The molecular formula is C15H13N3O. The lowest BCUT2D eigenvalue weighted by Gasteiger charge is -2.03. The van der Waals surface area contributed by atoms with Gasteiger partial charge in [0.15, 0.2) is 5.58 Å². The highest BCUT2D eigenvalue weighted by Crippen LogP contribution is 2.31. The normalized spacial score (nSPS) is 10.8. The maximum absolute atomic E-state index is 9.15. The fourth-order valence-electron chi connectivity index (χ4n) is 2.36. The van der Waals surface area contributed by atoms with Gasteiger partial charge in [0, 0.05) is 24.2 Å². The first-order chi connectivity index (χ1) is 9.20. The standard InChI is InChI=1S/C15H13N3O/c1-9-10(2)19-15-12(8-16)4-3-11(14(9)15)7-13-17-5-6-18-13/h3-6H,7H2,1-2H3,(H,17,18). The predicted octanol–water partition coefficient (Wildman–Crippen LogP) is 3.24. The Bertz CT molecular complexity index is 776. The van der Waals surface area contributed by atoms with E-state index in [4.69, 9.17) is 9.68 Å². The highest BCUT2D eigenvalue weighted by atomic mass is 16.3. The Kier molecular flexibility index (Phi) is 2.60. The zero-order valence-corrected chi connectivity index (χ0v) is 10.8. The third kappa shape index (κ3) is 1.80. The molecule has 0 aliphatic carbocycles. The smallest absolute Gasteiger partial charge is 0.152 e. The summed E-state index contributed by atoms with van der Waals surface area (Å²) in [5.41, 5.74) is 3.47. The van der Waals surface area contributed by atoms with Crippen LogP contribution in [0.25, 0.3) is 11.0 Å². The summed E-state index contributed by atoms with van der Waals surface area (Å²) in [7, 11) is 0. The Morgan fingerprint density at radius 3 is 2.89 bits per heavy atom. The molecule has 0 aliphatic heterocycles. The van der Waals surface area contributed by atoms with E-state index in [0.717, 1.165) is 28.1 Å². The highest BCUT2D eigenvalue weighted by molar-refractivity contribution is 5.90. The number of nitriles is 1. The van der Waals surface area contributed by atoms with Crippen LogP contribution in [0.5, 0.6) is 0 Å². The van der Waals surface area contributed by atoms with E-state index in [1.165, 1.54) is 0 Å². The van der Waals surface area contributed by atoms with Gasteiger partial charge >= 0.3 is 0 Å². The molecule has 3 aromatic rings. The van der Waals surface area contributed by atoms with Crippen LogP contribution in [0, 0.1) is 25.2 Å². The van der Waals surface area contributed by atoms with Gasteiger partial charge in [-0.05, 0) is 31.0 Å². The second-order valence-corrected chi connectivity index (χ2v) is 4.58. The molecule has 3 rings (SSSR count). The molecule has 1 aromatic carbocycles. The number of aromatic nitrogens is 2. The van der Waals surface area contributed by atoms with Gasteiger partial charge in [-0.3, -0.25) is 0 Å². The summed E-state index contributed by atoms with van der Waals surface area (Å²) in [6.45, 7) is 3.95. The molecule has 0 spiro atoms. The van der Waals surface area contributed by atoms with E-state index in [2.05, 4.69) is 16.0 Å². The predicted molar refractivity (Wildman–Crippen MR) is 71.8 cm³/mol. The number of nitrogens with one attached hydrogen (secondary N) is 1. The topological polar surface area (TPSA) is 65.6 Å². The number of hydrogen-bond acceptors (Lipinski definition) is 3. The van der Waals surface area contributed by atoms with E-state index in [1.54, 1.807) is 6.20 Å². The van der Waals surface area contributed by atoms with Gasteiger partial charge in [0.25, 0.3) is 0 Å². The Labute approximate surface area is 110 Å². The number of rotatable bonds is 2. The first-order valence-corrected chi connectivity index (χ1v) is 6.10. The van der Waals surface area contributed by atoms with E-state index in [-0.39, 0.29) is 0 Å². The highest BCUT2D eigenvalue weighted by Gasteiger charge is 2.15. The fourth-order valence-corrected chi connectivity index (χ4v) is 2.36. The molecule has 19 heavy (non-hydrogen) atoms. The van der Waals surface area contributed by atoms with E-state index in [1.807, 2.05) is 32.2 Å². The van der Waals surface area contributed by atoms with Crippen LogP contribution in [0.15, 0.2) is 28.9 Å². The van der Waals surface area contributed by atoms with Crippen molar-refractivity contribution in [2.75, 3.05) is 0 Å². The Hall–Kier alpha value is -2.54. The van der Waals surface area contributed by atoms with Gasteiger partial charge in [0.05, 0.1) is 5.56 Å². The quantitative estimate of drug-likeness (QED) is 0.760. The largest absolute Gasteiger partial charge is 0.460 e. The molecule has 1 N–H and O–H groups in total. The second kappa shape index (κ2) is 4.29. The molecule has 2 aromatic heterocycles. The summed E-state index contributed by atoms with van der Waals surface area (Å²) in [5, 5.41) is 10.2. The number of benzene rings is 1.